The Morgan fingerprint density at radius 1 is 0.384 bits per heavy atom. The molecule has 3 N–H and O–H groups in total. The molecule has 594 valence electrons. The molecule has 0 saturated carbocycles. The molecule has 0 bridgehead atoms. The van der Waals surface area contributed by atoms with Crippen molar-refractivity contribution < 1.29 is 59.6 Å². The maximum absolute atomic E-state index is 12.4. The molecule has 0 aromatic carbocycles. The van der Waals surface area contributed by atoms with Crippen LogP contribution in [0.4, 0.5) is 0 Å². The van der Waals surface area contributed by atoms with Crippen molar-refractivity contribution in [1.82, 2.24) is 19.4 Å². The van der Waals surface area contributed by atoms with Gasteiger partial charge in [0.15, 0.2) is 0 Å². The van der Waals surface area contributed by atoms with Crippen LogP contribution in [-0.4, -0.2) is 224 Å². The van der Waals surface area contributed by atoms with Gasteiger partial charge in [-0.05, 0) is 52.6 Å². The molecule has 19 heteroatoms. The van der Waals surface area contributed by atoms with Gasteiger partial charge in [0.2, 0.25) is 10.0 Å². The van der Waals surface area contributed by atoms with Gasteiger partial charge in [0.1, 0.15) is 12.2 Å². The molecule has 0 fully saturated rings. The number of esters is 2. The molecular weight excluding hydrogens is 1290 g/mol. The number of sulfonamides is 1. The van der Waals surface area contributed by atoms with Crippen LogP contribution in [0.15, 0.2) is 0 Å². The van der Waals surface area contributed by atoms with E-state index in [4.69, 9.17) is 9.47 Å². The molecule has 0 aromatic rings. The summed E-state index contributed by atoms with van der Waals surface area (Å²) in [6.45, 7) is 20.3. The van der Waals surface area contributed by atoms with E-state index in [0.29, 0.717) is 63.1 Å². The van der Waals surface area contributed by atoms with Crippen molar-refractivity contribution in [2.24, 2.45) is 0 Å². The highest BCUT2D eigenvalue weighted by Gasteiger charge is 2.25. The minimum absolute atomic E-state index is 0.157. The van der Waals surface area contributed by atoms with Crippen LogP contribution in [0.2, 0.25) is 0 Å². The number of carbonyl (C=O) groups is 2. The lowest BCUT2D eigenvalue weighted by Crippen LogP contribution is -2.45. The summed E-state index contributed by atoms with van der Waals surface area (Å²) in [5, 5.41) is 21.9. The quantitative estimate of drug-likeness (QED) is 0.0224. The van der Waals surface area contributed by atoms with Gasteiger partial charge in [-0.1, -0.05) is 272 Å². The van der Waals surface area contributed by atoms with E-state index in [-0.39, 0.29) is 47.9 Å². The van der Waals surface area contributed by atoms with E-state index in [1.807, 2.05) is 19.0 Å². The van der Waals surface area contributed by atoms with Crippen LogP contribution < -0.4 is 4.72 Å². The molecule has 4 atom stereocenters. The minimum atomic E-state index is -4.22. The molecule has 0 spiro atoms. The second kappa shape index (κ2) is 67.1. The van der Waals surface area contributed by atoms with Crippen LogP contribution in [0.25, 0.3) is 0 Å². The van der Waals surface area contributed by atoms with Crippen molar-refractivity contribution in [3.05, 3.63) is 0 Å². The first kappa shape index (κ1) is 99.5. The molecular formula is C80H167N6O11S2+. The van der Waals surface area contributed by atoms with Gasteiger partial charge >= 0.3 is 11.9 Å². The lowest BCUT2D eigenvalue weighted by molar-refractivity contribution is -0.890. The molecule has 99 heavy (non-hydrogen) atoms. The van der Waals surface area contributed by atoms with E-state index in [1.165, 1.54) is 232 Å². The van der Waals surface area contributed by atoms with E-state index >= 15 is 0 Å². The number of quaternary nitrogens is 2. The van der Waals surface area contributed by atoms with Crippen molar-refractivity contribution >= 4 is 32.1 Å². The Bertz CT molecular complexity index is 1940. The summed E-state index contributed by atoms with van der Waals surface area (Å²) in [5.41, 5.74) is 0. The van der Waals surface area contributed by atoms with Crippen LogP contribution in [0, 0.1) is 0 Å². The first-order valence-electron chi connectivity index (χ1n) is 41.5. The Morgan fingerprint density at radius 3 is 0.929 bits per heavy atom. The predicted molar refractivity (Wildman–Crippen MR) is 419 cm³/mol. The molecule has 0 amide bonds. The zero-order valence-electron chi connectivity index (χ0n) is 67.3. The minimum Gasteiger partial charge on any atom is -0.748 e. The summed E-state index contributed by atoms with van der Waals surface area (Å²) < 4.78 is 73.9. The van der Waals surface area contributed by atoms with Gasteiger partial charge in [-0.25, -0.2) is 21.6 Å². The van der Waals surface area contributed by atoms with Gasteiger partial charge < -0.3 is 38.1 Å². The molecule has 0 radical (unpaired) electrons. The second-order valence-corrected chi connectivity index (χ2v) is 35.1. The molecule has 17 nitrogen and oxygen atoms in total. The Labute approximate surface area is 614 Å². The van der Waals surface area contributed by atoms with E-state index in [9.17, 15) is 41.2 Å². The topological polar surface area (TPSA) is 206 Å². The van der Waals surface area contributed by atoms with Gasteiger partial charge in [-0.3, -0.25) is 19.4 Å². The number of unbranched alkanes of at least 4 members (excludes halogenated alkanes) is 36. The van der Waals surface area contributed by atoms with Crippen molar-refractivity contribution in [3.8, 4) is 0 Å². The average Bonchev–Trinajstić information content (AvgIpc) is 1.10. The SMILES string of the molecule is CCCCCCCCCCCCC(CN(CCC[N+](C)(C)CCCS(=O)(=O)[O-])CC(CCCCCCCCCCCC)OC(C)=O)OC(C)=O.CCCCCCCCCCCCC(O)CN(CCC[N+](C)(C)CCCS(=O)(=O)NCCN(C)C)CC(O)CCCCCCCCCCCC. The number of hydrogen-bond acceptors (Lipinski definition) is 14. The number of ether oxygens (including phenoxy) is 2. The van der Waals surface area contributed by atoms with Gasteiger partial charge in [0.25, 0.3) is 0 Å². The van der Waals surface area contributed by atoms with Gasteiger partial charge in [-0.15, -0.1) is 0 Å². The van der Waals surface area contributed by atoms with Crippen LogP contribution in [0.1, 0.15) is 350 Å². The number of aliphatic hydroxyl groups is 2. The summed E-state index contributed by atoms with van der Waals surface area (Å²) in [7, 11) is 4.88. The van der Waals surface area contributed by atoms with E-state index in [0.717, 1.165) is 114 Å². The molecule has 0 aliphatic carbocycles. The van der Waals surface area contributed by atoms with E-state index < -0.39 is 20.1 Å². The fourth-order valence-corrected chi connectivity index (χ4v) is 15.2. The smallest absolute Gasteiger partial charge is 0.302 e. The van der Waals surface area contributed by atoms with Crippen LogP contribution in [0.3, 0.4) is 0 Å². The summed E-state index contributed by atoms with van der Waals surface area (Å²) in [6, 6.07) is 0. The normalized spacial score (nSPS) is 13.7. The first-order chi connectivity index (χ1) is 47.2. The van der Waals surface area contributed by atoms with E-state index in [1.54, 1.807) is 0 Å². The fraction of sp³-hybridized carbons (Fsp3) is 0.975. The van der Waals surface area contributed by atoms with Gasteiger partial charge in [-0.2, -0.15) is 0 Å². The lowest BCUT2D eigenvalue weighted by Gasteiger charge is -2.33. The molecule has 0 aliphatic rings. The number of nitrogens with zero attached hydrogens (tertiary/aromatic N) is 5. The summed E-state index contributed by atoms with van der Waals surface area (Å²) in [6.07, 6.45) is 55.9. The third kappa shape index (κ3) is 74.6. The Hall–Kier alpha value is -1.52. The largest absolute Gasteiger partial charge is 0.748 e. The molecule has 0 aliphatic heterocycles. The van der Waals surface area contributed by atoms with Crippen molar-refractivity contribution in [2.45, 2.75) is 374 Å². The standard InChI is InChI=1S/C40H87N4O4S.C40H80N2O7S/c1-7-9-11-13-15-17-19-21-23-25-29-39(45)37-43(38-40(46)30-26-24-22-20-18-16-14-12-10-8-2)32-27-34-44(5,6)35-28-36-49(47,48)41-31-33-42(3)4;1-7-9-11-13-15-17-19-21-23-25-29-39(48-37(3)43)35-41(31-27-32-42(5,6)33-28-34-50(45,46)47)36-40(49-38(4)44)30-26-24-22-20-18-16-14-12-10-8-2/h39-41,45-46H,7-38H2,1-6H3;39-40H,7-36H2,1-6H3/q+1;. The molecule has 0 rings (SSSR count). The number of aliphatic hydroxyl groups excluding tert-OH is 2. The lowest BCUT2D eigenvalue weighted by atomic mass is 10.0. The summed E-state index contributed by atoms with van der Waals surface area (Å²) in [5.74, 6) is -0.720. The van der Waals surface area contributed by atoms with Crippen molar-refractivity contribution in [2.75, 3.05) is 132 Å². The number of hydrogen-bond donors (Lipinski definition) is 3. The number of nitrogens with one attached hydrogen (secondary N) is 1. The highest BCUT2D eigenvalue weighted by atomic mass is 32.2. The van der Waals surface area contributed by atoms with Crippen LogP contribution in [0.5, 0.6) is 0 Å². The first-order valence-corrected chi connectivity index (χ1v) is 44.8. The monoisotopic (exact) mass is 1450 g/mol. The third-order valence-corrected chi connectivity index (χ3v) is 22.0. The van der Waals surface area contributed by atoms with E-state index in [2.05, 4.69) is 70.4 Å². The van der Waals surface area contributed by atoms with Crippen molar-refractivity contribution in [3.63, 3.8) is 0 Å². The molecule has 4 unspecified atom stereocenters. The van der Waals surface area contributed by atoms with Gasteiger partial charge in [0, 0.05) is 97.6 Å². The Balaban J connectivity index is 0. The Morgan fingerprint density at radius 2 is 0.646 bits per heavy atom. The molecule has 0 saturated heterocycles. The highest BCUT2D eigenvalue weighted by Crippen LogP contribution is 2.20. The second-order valence-electron chi connectivity index (χ2n) is 31.6. The van der Waals surface area contributed by atoms with Gasteiger partial charge in [0.05, 0.1) is 82.4 Å². The molecule has 0 heterocycles. The van der Waals surface area contributed by atoms with Crippen molar-refractivity contribution in [1.29, 1.82) is 0 Å². The number of rotatable bonds is 74. The average molecular weight is 1450 g/mol. The highest BCUT2D eigenvalue weighted by molar-refractivity contribution is 7.89. The maximum Gasteiger partial charge on any atom is 0.302 e. The zero-order valence-corrected chi connectivity index (χ0v) is 68.9. The number of carbonyl (C=O) groups excluding carboxylic acids is 2. The Kier molecular flexibility index (Phi) is 67.5. The zero-order chi connectivity index (χ0) is 74.2. The molecule has 0 aromatic heterocycles. The third-order valence-electron chi connectivity index (χ3n) is 19.8. The summed E-state index contributed by atoms with van der Waals surface area (Å²) in [4.78, 5) is 30.8. The van der Waals surface area contributed by atoms with Crippen LogP contribution >= 0.6 is 0 Å². The predicted octanol–water partition coefficient (Wildman–Crippen LogP) is 17.1. The summed E-state index contributed by atoms with van der Waals surface area (Å²) >= 11 is 0. The number of likely N-dealkylation sites (N-methyl/N-ethyl adjacent to an activating group) is 1. The maximum atomic E-state index is 12.4. The van der Waals surface area contributed by atoms with Crippen LogP contribution in [-0.2, 0) is 39.2 Å². The fourth-order valence-electron chi connectivity index (χ4n) is 13.7.